The molecule has 0 amide bonds. The van der Waals surface area contributed by atoms with Crippen LogP contribution in [-0.2, 0) is 16.2 Å². The second kappa shape index (κ2) is 21.4. The van der Waals surface area contributed by atoms with E-state index < -0.39 is 126 Å². The van der Waals surface area contributed by atoms with Crippen LogP contribution in [0.1, 0.15) is 108 Å². The molecule has 0 atom stereocenters. The number of anilines is 6. The standard InChI is InChI=1S/C85H71BN4/c1-83(2,3)63-35-24-34-59(46-63)60-42-45-74-72(47-60)86-71-44-41-61(55-26-14-10-15-27-55)48-77(71)89(76-53-66(43-40-62(76)54-87)88-73-38-23-22-36-68(73)80-67(37-25-39-75(80)88)56-28-16-11-17-29-56)78-51-65(85(7,8)9)52-79(81(78)86)90(74)82-69(57-30-18-12-19-31-57)49-64(84(4,5)6)50-70(82)58-32-20-13-21-33-58/h10-53H,1-9H3/i10D,11D,14D,15D,16D,17D,22D,23D,25D,26D,27D,28D,29D,36D,37D,38D,39D. The Morgan fingerprint density at radius 2 is 0.944 bits per heavy atom. The first-order chi connectivity index (χ1) is 50.6. The highest BCUT2D eigenvalue weighted by molar-refractivity contribution is 7.00. The van der Waals surface area contributed by atoms with Gasteiger partial charge in [-0.1, -0.05) is 262 Å². The predicted molar refractivity (Wildman–Crippen MR) is 383 cm³/mol. The number of hydrogen-bond donors (Lipinski definition) is 0. The Balaban J connectivity index is 1.13. The SMILES string of the molecule is [2H]c1c([2H])c([2H])c(-c2ccc3c(c2)N(c2cc(-n4c5c([2H])c([2H])c([2H])c([2H])c5c5c(-c6c([2H])c([2H])c([2H])c([2H])c6[2H])c([2H])c([2H])c([2H])c54)ccc2C#N)c2cc(C(C)(C)C)cc4c2B3c2cc(-c3cccc(C(C)(C)C)c3)ccc2N4c2c(-c3ccccc3)cc(C(C)(C)C)cc2-c2ccccc2)c([2H])c1[2H]. The fraction of sp³-hybridized carbons (Fsp3) is 0.141. The zero-order valence-corrected chi connectivity index (χ0v) is 51.5. The molecule has 1 aromatic heterocycles. The summed E-state index contributed by atoms with van der Waals surface area (Å²) in [7, 11) is 0. The van der Waals surface area contributed by atoms with Gasteiger partial charge < -0.3 is 14.4 Å². The summed E-state index contributed by atoms with van der Waals surface area (Å²) in [5.41, 5.74) is 12.3. The molecule has 0 aliphatic carbocycles. The van der Waals surface area contributed by atoms with Crippen LogP contribution < -0.4 is 26.2 Å². The van der Waals surface area contributed by atoms with Gasteiger partial charge in [-0.05, 0) is 161 Å². The van der Waals surface area contributed by atoms with E-state index in [0.717, 1.165) is 78.1 Å². The molecule has 0 N–H and O–H groups in total. The van der Waals surface area contributed by atoms with Crippen molar-refractivity contribution >= 4 is 79.0 Å². The van der Waals surface area contributed by atoms with Crippen LogP contribution in [0.3, 0.4) is 0 Å². The molecule has 2 aliphatic heterocycles. The van der Waals surface area contributed by atoms with Gasteiger partial charge in [-0.2, -0.15) is 5.26 Å². The lowest BCUT2D eigenvalue weighted by Gasteiger charge is -2.46. The fourth-order valence-electron chi connectivity index (χ4n) is 13.1. The molecular weight excluding hydrogens is 1090 g/mol. The molecule has 0 saturated heterocycles. The Labute approximate surface area is 554 Å². The van der Waals surface area contributed by atoms with Crippen molar-refractivity contribution in [2.45, 2.75) is 78.6 Å². The summed E-state index contributed by atoms with van der Waals surface area (Å²) < 4.78 is 158. The molecule has 12 aromatic carbocycles. The van der Waals surface area contributed by atoms with E-state index in [1.54, 1.807) is 18.2 Å². The van der Waals surface area contributed by atoms with Crippen molar-refractivity contribution in [1.82, 2.24) is 4.57 Å². The van der Waals surface area contributed by atoms with E-state index in [4.69, 9.17) is 9.60 Å². The quantitative estimate of drug-likeness (QED) is 0.142. The van der Waals surface area contributed by atoms with Gasteiger partial charge in [0, 0.05) is 50.3 Å². The van der Waals surface area contributed by atoms with Gasteiger partial charge in [0.2, 0.25) is 0 Å². The number of rotatable bonds is 8. The van der Waals surface area contributed by atoms with E-state index in [1.807, 2.05) is 47.4 Å². The molecular formula is C85H71BN4. The zero-order chi connectivity index (χ0) is 76.6. The van der Waals surface area contributed by atoms with Crippen molar-refractivity contribution in [3.8, 4) is 67.4 Å². The maximum atomic E-state index is 11.9. The third-order valence-electron chi connectivity index (χ3n) is 17.7. The van der Waals surface area contributed by atoms with Crippen molar-refractivity contribution in [2.24, 2.45) is 0 Å². The summed E-state index contributed by atoms with van der Waals surface area (Å²) in [4.78, 5) is 4.31. The monoisotopic (exact) mass is 1180 g/mol. The first-order valence-corrected chi connectivity index (χ1v) is 30.3. The zero-order valence-electron chi connectivity index (χ0n) is 68.5. The summed E-state index contributed by atoms with van der Waals surface area (Å²) in [6.45, 7) is 18.8. The lowest BCUT2D eigenvalue weighted by Crippen LogP contribution is -2.61. The molecule has 2 aliphatic rings. The topological polar surface area (TPSA) is 35.2 Å². The van der Waals surface area contributed by atoms with Gasteiger partial charge in [-0.25, -0.2) is 0 Å². The molecule has 0 bridgehead atoms. The molecule has 0 radical (unpaired) electrons. The van der Waals surface area contributed by atoms with Gasteiger partial charge in [0.25, 0.3) is 6.71 Å². The molecule has 5 heteroatoms. The summed E-state index contributed by atoms with van der Waals surface area (Å²) in [6, 6.07) is 46.3. The van der Waals surface area contributed by atoms with Gasteiger partial charge in [0.05, 0.1) is 51.3 Å². The van der Waals surface area contributed by atoms with Gasteiger partial charge in [-0.15, -0.1) is 0 Å². The fourth-order valence-corrected chi connectivity index (χ4v) is 13.1. The number of nitriles is 1. The highest BCUT2D eigenvalue weighted by Gasteiger charge is 2.46. The Hall–Kier alpha value is -10.4. The van der Waals surface area contributed by atoms with E-state index in [2.05, 4.69) is 164 Å². The van der Waals surface area contributed by atoms with Crippen molar-refractivity contribution in [3.63, 3.8) is 0 Å². The largest absolute Gasteiger partial charge is 0.310 e. The number of hydrogen-bond acceptors (Lipinski definition) is 3. The molecule has 4 nitrogen and oxygen atoms in total. The number of nitrogens with zero attached hydrogens (tertiary/aromatic N) is 4. The van der Waals surface area contributed by atoms with Crippen molar-refractivity contribution in [3.05, 3.63) is 289 Å². The van der Waals surface area contributed by atoms with Crippen molar-refractivity contribution in [1.29, 1.82) is 5.26 Å². The number of fused-ring (bicyclic) bond motifs is 7. The average molecular weight is 1180 g/mol. The number of benzene rings is 12. The molecule has 3 heterocycles. The van der Waals surface area contributed by atoms with Gasteiger partial charge >= 0.3 is 0 Å². The first kappa shape index (κ1) is 40.2. The maximum Gasteiger partial charge on any atom is 0.252 e. The Kier molecular flexibility index (Phi) is 9.57. The minimum Gasteiger partial charge on any atom is -0.310 e. The second-order valence-electron chi connectivity index (χ2n) is 26.4. The molecule has 90 heavy (non-hydrogen) atoms. The summed E-state index contributed by atoms with van der Waals surface area (Å²) >= 11 is 0. The van der Waals surface area contributed by atoms with Crippen LogP contribution in [0, 0.1) is 11.3 Å². The van der Waals surface area contributed by atoms with Crippen LogP contribution in [0.4, 0.5) is 34.1 Å². The van der Waals surface area contributed by atoms with E-state index in [0.29, 0.717) is 16.8 Å². The molecule has 0 unspecified atom stereocenters. The van der Waals surface area contributed by atoms with Crippen LogP contribution >= 0.6 is 0 Å². The maximum absolute atomic E-state index is 11.9. The molecule has 434 valence electrons. The lowest BCUT2D eigenvalue weighted by molar-refractivity contribution is 0.590. The first-order valence-electron chi connectivity index (χ1n) is 38.8. The predicted octanol–water partition coefficient (Wildman–Crippen LogP) is 21.0. The van der Waals surface area contributed by atoms with Crippen molar-refractivity contribution < 1.29 is 23.3 Å². The van der Waals surface area contributed by atoms with Crippen molar-refractivity contribution in [2.75, 3.05) is 9.80 Å². The third kappa shape index (κ3) is 9.44. The van der Waals surface area contributed by atoms with Crippen LogP contribution in [0.5, 0.6) is 0 Å². The van der Waals surface area contributed by atoms with E-state index in [-0.39, 0.29) is 60.7 Å². The summed E-state index contributed by atoms with van der Waals surface area (Å²) in [6.07, 6.45) is 0. The van der Waals surface area contributed by atoms with E-state index in [1.165, 1.54) is 16.7 Å². The Bertz CT molecular complexity index is 5970. The minimum atomic E-state index is -0.765. The van der Waals surface area contributed by atoms with Crippen LogP contribution in [0.25, 0.3) is 83.1 Å². The summed E-state index contributed by atoms with van der Waals surface area (Å²) in [5, 5.41) is 11.4. The third-order valence-corrected chi connectivity index (χ3v) is 17.7. The van der Waals surface area contributed by atoms with Gasteiger partial charge in [-0.3, -0.25) is 0 Å². The van der Waals surface area contributed by atoms with E-state index in [9.17, 15) is 19.0 Å². The molecule has 13 aromatic rings. The van der Waals surface area contributed by atoms with Crippen LogP contribution in [-0.4, -0.2) is 11.3 Å². The minimum absolute atomic E-state index is 0.0639. The average Bonchev–Trinajstić information content (AvgIpc) is 1.60. The molecule has 15 rings (SSSR count). The Morgan fingerprint density at radius 1 is 0.378 bits per heavy atom. The number of para-hydroxylation sites is 1. The highest BCUT2D eigenvalue weighted by Crippen LogP contribution is 2.53. The van der Waals surface area contributed by atoms with Gasteiger partial charge in [0.15, 0.2) is 0 Å². The second-order valence-corrected chi connectivity index (χ2v) is 26.4. The smallest absolute Gasteiger partial charge is 0.252 e. The number of aromatic nitrogens is 1. The van der Waals surface area contributed by atoms with Gasteiger partial charge in [0.1, 0.15) is 6.07 Å². The highest BCUT2D eigenvalue weighted by atomic mass is 15.2. The van der Waals surface area contributed by atoms with E-state index >= 15 is 0 Å². The van der Waals surface area contributed by atoms with Crippen LogP contribution in [0.2, 0.25) is 0 Å². The lowest BCUT2D eigenvalue weighted by atomic mass is 9.33. The molecule has 0 fully saturated rings. The molecule has 0 spiro atoms. The summed E-state index contributed by atoms with van der Waals surface area (Å²) in [5.74, 6) is 0. The molecule has 0 saturated carbocycles. The Morgan fingerprint density at radius 3 is 1.60 bits per heavy atom. The van der Waals surface area contributed by atoms with Crippen LogP contribution in [0.15, 0.2) is 267 Å². The normalized spacial score (nSPS) is 15.5.